The number of nitrogens with zero attached hydrogens (tertiary/aromatic N) is 5. The van der Waals surface area contributed by atoms with E-state index in [0.29, 0.717) is 39.9 Å². The van der Waals surface area contributed by atoms with Crippen LogP contribution < -0.4 is 14.8 Å². The zero-order valence-corrected chi connectivity index (χ0v) is 25.3. The van der Waals surface area contributed by atoms with Crippen LogP contribution in [0.1, 0.15) is 38.2 Å². The lowest BCUT2D eigenvalue weighted by atomic mass is 9.94. The summed E-state index contributed by atoms with van der Waals surface area (Å²) in [6.07, 6.45) is 10.0. The van der Waals surface area contributed by atoms with Gasteiger partial charge in [-0.1, -0.05) is 36.7 Å². The van der Waals surface area contributed by atoms with Crippen LogP contribution in [0.2, 0.25) is 5.02 Å². The van der Waals surface area contributed by atoms with Crippen LogP contribution in [0, 0.1) is 17.2 Å². The molecular weight excluding hydrogens is 556 g/mol. The first-order valence-corrected chi connectivity index (χ1v) is 15.2. The van der Waals surface area contributed by atoms with Crippen molar-refractivity contribution < 1.29 is 9.47 Å². The summed E-state index contributed by atoms with van der Waals surface area (Å²) < 4.78 is 13.8. The van der Waals surface area contributed by atoms with E-state index in [1.807, 2.05) is 48.1 Å². The van der Waals surface area contributed by atoms with Crippen molar-refractivity contribution in [2.75, 3.05) is 38.7 Å². The molecule has 8 nitrogen and oxygen atoms in total. The average molecular weight is 591 g/mol. The van der Waals surface area contributed by atoms with Crippen LogP contribution in [0.5, 0.6) is 11.5 Å². The fourth-order valence-corrected chi connectivity index (χ4v) is 6.24. The number of methoxy groups -OCH3 is 1. The Morgan fingerprint density at radius 1 is 1.17 bits per heavy atom. The minimum absolute atomic E-state index is 0.419. The van der Waals surface area contributed by atoms with Gasteiger partial charge in [0.2, 0.25) is 0 Å². The molecular formula is C31H35ClN6O2S. The van der Waals surface area contributed by atoms with Gasteiger partial charge in [-0.3, -0.25) is 4.98 Å². The maximum atomic E-state index is 9.86. The van der Waals surface area contributed by atoms with Crippen LogP contribution in [-0.4, -0.2) is 52.8 Å². The highest BCUT2D eigenvalue weighted by molar-refractivity contribution is 7.99. The smallest absolute Gasteiger partial charge is 0.172 e. The van der Waals surface area contributed by atoms with E-state index in [0.717, 1.165) is 40.0 Å². The molecule has 1 N–H and O–H groups in total. The Balaban J connectivity index is 1.31. The molecule has 4 aromatic rings. The molecule has 1 aliphatic heterocycles. The Labute approximate surface area is 250 Å². The summed E-state index contributed by atoms with van der Waals surface area (Å²) in [5.74, 6) is 2.12. The van der Waals surface area contributed by atoms with Crippen LogP contribution in [0.4, 0.5) is 11.4 Å². The molecule has 0 radical (unpaired) electrons. The maximum absolute atomic E-state index is 9.86. The summed E-state index contributed by atoms with van der Waals surface area (Å²) in [6.45, 7) is 6.27. The van der Waals surface area contributed by atoms with Crippen molar-refractivity contribution in [2.24, 2.45) is 13.0 Å². The third-order valence-corrected chi connectivity index (χ3v) is 9.19. The Bertz CT molecular complexity index is 1540. The number of pyridine rings is 1. The third-order valence-electron chi connectivity index (χ3n) is 7.61. The number of nitriles is 1. The van der Waals surface area contributed by atoms with Gasteiger partial charge in [-0.05, 0) is 62.5 Å². The number of benzene rings is 2. The molecule has 0 atom stereocenters. The highest BCUT2D eigenvalue weighted by Crippen LogP contribution is 2.39. The van der Waals surface area contributed by atoms with Crippen molar-refractivity contribution in [2.45, 2.75) is 42.7 Å². The predicted octanol–water partition coefficient (Wildman–Crippen LogP) is 7.29. The van der Waals surface area contributed by atoms with Gasteiger partial charge in [0, 0.05) is 54.2 Å². The van der Waals surface area contributed by atoms with E-state index in [4.69, 9.17) is 21.1 Å². The fraction of sp³-hybridized carbons (Fsp3) is 0.387. The summed E-state index contributed by atoms with van der Waals surface area (Å²) in [6, 6.07) is 11.7. The summed E-state index contributed by atoms with van der Waals surface area (Å²) in [5, 5.41) is 15.4. The maximum Gasteiger partial charge on any atom is 0.172 e. The largest absolute Gasteiger partial charge is 0.493 e. The van der Waals surface area contributed by atoms with Crippen LogP contribution in [0.25, 0.3) is 10.9 Å². The number of rotatable bonds is 11. The van der Waals surface area contributed by atoms with Gasteiger partial charge in [0.25, 0.3) is 0 Å². The Morgan fingerprint density at radius 3 is 2.68 bits per heavy atom. The molecule has 5 rings (SSSR count). The summed E-state index contributed by atoms with van der Waals surface area (Å²) in [7, 11) is 3.57. The lowest BCUT2D eigenvalue weighted by Crippen LogP contribution is -2.34. The number of nitrogens with one attached hydrogen (secondary N) is 1. The minimum Gasteiger partial charge on any atom is -0.493 e. The molecule has 1 fully saturated rings. The molecule has 10 heteroatoms. The van der Waals surface area contributed by atoms with E-state index in [1.54, 1.807) is 19.5 Å². The number of halogens is 1. The number of hydrogen-bond donors (Lipinski definition) is 1. The molecule has 0 unspecified atom stereocenters. The molecule has 2 aromatic carbocycles. The van der Waals surface area contributed by atoms with Crippen molar-refractivity contribution in [1.29, 1.82) is 5.26 Å². The first-order valence-electron chi connectivity index (χ1n) is 14.0. The first-order chi connectivity index (χ1) is 20.0. The first kappa shape index (κ1) is 29.1. The third kappa shape index (κ3) is 6.89. The molecule has 0 saturated carbocycles. The molecule has 1 aliphatic rings. The van der Waals surface area contributed by atoms with Gasteiger partial charge in [0.1, 0.15) is 6.07 Å². The topological polar surface area (TPSA) is 88.2 Å². The highest BCUT2D eigenvalue weighted by Gasteiger charge is 2.18. The number of ether oxygens (including phenoxy) is 2. The molecule has 0 aliphatic carbocycles. The fourth-order valence-electron chi connectivity index (χ4n) is 5.13. The van der Waals surface area contributed by atoms with Crippen molar-refractivity contribution in [3.63, 3.8) is 0 Å². The second kappa shape index (κ2) is 13.5. The lowest BCUT2D eigenvalue weighted by Gasteiger charge is -2.31. The summed E-state index contributed by atoms with van der Waals surface area (Å²) in [4.78, 5) is 12.3. The lowest BCUT2D eigenvalue weighted by molar-refractivity contribution is 0.168. The SMILES string of the molecule is CCC1CCN(CCCOc2cc3ncc(C#N)c(Nc4ccc(Sc5nccn5C)c(Cl)c4)c3cc2OC)CC1. The van der Waals surface area contributed by atoms with Crippen LogP contribution >= 0.6 is 23.4 Å². The van der Waals surface area contributed by atoms with E-state index >= 15 is 0 Å². The van der Waals surface area contributed by atoms with Gasteiger partial charge in [-0.15, -0.1) is 0 Å². The van der Waals surface area contributed by atoms with Crippen molar-refractivity contribution in [1.82, 2.24) is 19.4 Å². The average Bonchev–Trinajstić information content (AvgIpc) is 3.40. The zero-order chi connectivity index (χ0) is 28.8. The van der Waals surface area contributed by atoms with E-state index in [-0.39, 0.29) is 0 Å². The Hall–Kier alpha value is -3.45. The molecule has 1 saturated heterocycles. The minimum atomic E-state index is 0.419. The van der Waals surface area contributed by atoms with Gasteiger partial charge in [-0.25, -0.2) is 4.98 Å². The number of aromatic nitrogens is 3. The standard InChI is InChI=1S/C31H35ClN6O2S/c1-4-21-8-12-38(13-9-21)11-5-15-40-28-18-26-24(17-27(28)39-3)30(22(19-33)20-35-26)36-23-6-7-29(25(32)16-23)41-31-34-10-14-37(31)2/h6-7,10,14,16-18,20-21H,4-5,8-9,11-13,15H2,1-3H3,(H,35,36). The van der Waals surface area contributed by atoms with Crippen LogP contribution in [0.15, 0.2) is 59.0 Å². The number of fused-ring (bicyclic) bond motifs is 1. The van der Waals surface area contributed by atoms with Crippen molar-refractivity contribution >= 4 is 45.6 Å². The van der Waals surface area contributed by atoms with E-state index < -0.39 is 0 Å². The number of piperidine rings is 1. The predicted molar refractivity (Wildman–Crippen MR) is 165 cm³/mol. The zero-order valence-electron chi connectivity index (χ0n) is 23.7. The number of likely N-dealkylation sites (tertiary alicyclic amines) is 1. The molecule has 2 aromatic heterocycles. The Morgan fingerprint density at radius 2 is 2.00 bits per heavy atom. The monoisotopic (exact) mass is 590 g/mol. The molecule has 214 valence electrons. The molecule has 0 bridgehead atoms. The summed E-state index contributed by atoms with van der Waals surface area (Å²) >= 11 is 8.13. The van der Waals surface area contributed by atoms with E-state index in [1.165, 1.54) is 44.1 Å². The second-order valence-corrected chi connectivity index (χ2v) is 11.7. The number of hydrogen-bond acceptors (Lipinski definition) is 8. The van der Waals surface area contributed by atoms with Crippen molar-refractivity contribution in [3.8, 4) is 17.6 Å². The molecule has 0 amide bonds. The molecule has 0 spiro atoms. The highest BCUT2D eigenvalue weighted by atomic mass is 35.5. The quantitative estimate of drug-likeness (QED) is 0.182. The molecule has 3 heterocycles. The Kier molecular flexibility index (Phi) is 9.55. The van der Waals surface area contributed by atoms with E-state index in [2.05, 4.69) is 33.2 Å². The molecule has 41 heavy (non-hydrogen) atoms. The van der Waals surface area contributed by atoms with Gasteiger partial charge >= 0.3 is 0 Å². The van der Waals surface area contributed by atoms with Crippen LogP contribution in [0.3, 0.4) is 0 Å². The van der Waals surface area contributed by atoms with E-state index in [9.17, 15) is 5.26 Å². The van der Waals surface area contributed by atoms with Gasteiger partial charge in [0.05, 0.1) is 35.5 Å². The number of imidazole rings is 1. The van der Waals surface area contributed by atoms with Gasteiger partial charge in [0.15, 0.2) is 16.7 Å². The number of aryl methyl sites for hydroxylation is 1. The van der Waals surface area contributed by atoms with Gasteiger partial charge < -0.3 is 24.3 Å². The van der Waals surface area contributed by atoms with Crippen LogP contribution in [-0.2, 0) is 7.05 Å². The van der Waals surface area contributed by atoms with Crippen molar-refractivity contribution in [3.05, 3.63) is 59.5 Å². The number of anilines is 2. The summed E-state index contributed by atoms with van der Waals surface area (Å²) in [5.41, 5.74) is 2.52. The van der Waals surface area contributed by atoms with Gasteiger partial charge in [-0.2, -0.15) is 5.26 Å². The normalized spacial score (nSPS) is 14.2. The second-order valence-electron chi connectivity index (χ2n) is 10.3.